The molecule has 22 heavy (non-hydrogen) atoms. The molecule has 0 fully saturated rings. The van der Waals surface area contributed by atoms with E-state index in [1.165, 1.54) is 16.0 Å². The Bertz CT molecular complexity index is 717. The van der Waals surface area contributed by atoms with Gasteiger partial charge in [-0.2, -0.15) is 5.10 Å². The molecule has 0 spiro atoms. The van der Waals surface area contributed by atoms with E-state index in [4.69, 9.17) is 0 Å². The second kappa shape index (κ2) is 7.11. The van der Waals surface area contributed by atoms with Crippen molar-refractivity contribution >= 4 is 23.1 Å². The van der Waals surface area contributed by atoms with E-state index in [2.05, 4.69) is 70.8 Å². The molecule has 3 aromatic rings. The highest BCUT2D eigenvalue weighted by Crippen LogP contribution is 2.24. The number of benzene rings is 1. The highest BCUT2D eigenvalue weighted by molar-refractivity contribution is 7.98. The van der Waals surface area contributed by atoms with Gasteiger partial charge < -0.3 is 0 Å². The van der Waals surface area contributed by atoms with Gasteiger partial charge >= 0.3 is 0 Å². The van der Waals surface area contributed by atoms with Crippen LogP contribution in [-0.2, 0) is 12.2 Å². The molecule has 0 atom stereocenters. The van der Waals surface area contributed by atoms with E-state index in [1.807, 2.05) is 0 Å². The van der Waals surface area contributed by atoms with Crippen molar-refractivity contribution < 1.29 is 0 Å². The Morgan fingerprint density at radius 2 is 2.05 bits per heavy atom. The molecule has 114 valence electrons. The first kappa shape index (κ1) is 15.3. The van der Waals surface area contributed by atoms with Gasteiger partial charge in [0.15, 0.2) is 11.0 Å². The van der Waals surface area contributed by atoms with E-state index < -0.39 is 0 Å². The van der Waals surface area contributed by atoms with E-state index in [0.717, 1.165) is 23.2 Å². The van der Waals surface area contributed by atoms with Crippen LogP contribution < -0.4 is 0 Å². The lowest BCUT2D eigenvalue weighted by molar-refractivity contribution is 0.839. The quantitative estimate of drug-likeness (QED) is 0.656. The van der Waals surface area contributed by atoms with E-state index >= 15 is 0 Å². The highest BCUT2D eigenvalue weighted by Gasteiger charge is 2.10. The molecule has 0 saturated carbocycles. The first-order valence-electron chi connectivity index (χ1n) is 7.36. The Kier molecular flexibility index (Phi) is 4.95. The Morgan fingerprint density at radius 1 is 1.18 bits per heavy atom. The fourth-order valence-corrected chi connectivity index (χ4v) is 3.98. The lowest BCUT2D eigenvalue weighted by Gasteiger charge is -2.10. The summed E-state index contributed by atoms with van der Waals surface area (Å²) < 4.78 is 0. The van der Waals surface area contributed by atoms with Crippen molar-refractivity contribution in [1.82, 2.24) is 15.2 Å². The van der Waals surface area contributed by atoms with Crippen LogP contribution in [0.25, 0.3) is 0 Å². The van der Waals surface area contributed by atoms with Crippen LogP contribution in [0.4, 0.5) is 0 Å². The minimum absolute atomic E-state index is 0.516. The summed E-state index contributed by atoms with van der Waals surface area (Å²) in [6, 6.07) is 12.8. The van der Waals surface area contributed by atoms with Crippen molar-refractivity contribution in [2.75, 3.05) is 0 Å². The molecule has 3 rings (SSSR count). The molecule has 3 nitrogen and oxygen atoms in total. The number of hydrogen-bond donors (Lipinski definition) is 1. The summed E-state index contributed by atoms with van der Waals surface area (Å²) in [7, 11) is 0. The molecule has 0 saturated heterocycles. The Balaban J connectivity index is 1.67. The lowest BCUT2D eigenvalue weighted by atomic mass is 9.95. The van der Waals surface area contributed by atoms with Crippen molar-refractivity contribution in [3.05, 3.63) is 63.6 Å². The summed E-state index contributed by atoms with van der Waals surface area (Å²) in [5, 5.41) is 10.4. The number of nitrogens with zero attached hydrogens (tertiary/aromatic N) is 2. The van der Waals surface area contributed by atoms with Gasteiger partial charge in [0.1, 0.15) is 0 Å². The smallest absolute Gasteiger partial charge is 0.184 e. The van der Waals surface area contributed by atoms with Gasteiger partial charge in [-0.3, -0.25) is 5.10 Å². The molecule has 0 aliphatic carbocycles. The van der Waals surface area contributed by atoms with Gasteiger partial charge in [0.05, 0.1) is 0 Å². The predicted octanol–water partition coefficient (Wildman–Crippen LogP) is 4.87. The van der Waals surface area contributed by atoms with Crippen LogP contribution in [0, 0.1) is 0 Å². The molecular weight excluding hydrogens is 310 g/mol. The van der Waals surface area contributed by atoms with Gasteiger partial charge in [0.2, 0.25) is 0 Å². The summed E-state index contributed by atoms with van der Waals surface area (Å²) in [6.45, 7) is 4.44. The summed E-state index contributed by atoms with van der Waals surface area (Å²) in [5.74, 6) is 2.32. The standard InChI is InChI=1S/C17H19N3S2/c1-12(2)15-8-4-3-6-13(15)10-16-18-17(20-19-16)22-11-14-7-5-9-21-14/h3-9,12H,10-11H2,1-2H3,(H,18,19,20). The highest BCUT2D eigenvalue weighted by atomic mass is 32.2. The second-order valence-electron chi connectivity index (χ2n) is 5.46. The molecule has 2 heterocycles. The molecule has 0 bridgehead atoms. The molecule has 1 aromatic carbocycles. The van der Waals surface area contributed by atoms with Gasteiger partial charge in [-0.25, -0.2) is 4.98 Å². The third-order valence-corrected chi connectivity index (χ3v) is 5.44. The molecule has 0 amide bonds. The number of H-pyrrole nitrogens is 1. The maximum atomic E-state index is 4.61. The zero-order valence-corrected chi connectivity index (χ0v) is 14.4. The van der Waals surface area contributed by atoms with E-state index in [-0.39, 0.29) is 0 Å². The van der Waals surface area contributed by atoms with Crippen LogP contribution in [0.2, 0.25) is 0 Å². The van der Waals surface area contributed by atoms with Gasteiger partial charge in [-0.1, -0.05) is 55.9 Å². The van der Waals surface area contributed by atoms with Crippen molar-refractivity contribution in [3.8, 4) is 0 Å². The molecule has 0 aliphatic rings. The largest absolute Gasteiger partial charge is 0.254 e. The maximum absolute atomic E-state index is 4.61. The number of thiophene rings is 1. The fraction of sp³-hybridized carbons (Fsp3) is 0.294. The SMILES string of the molecule is CC(C)c1ccccc1Cc1n[nH]c(SCc2cccs2)n1. The van der Waals surface area contributed by atoms with Crippen LogP contribution in [0.3, 0.4) is 0 Å². The van der Waals surface area contributed by atoms with Crippen LogP contribution in [0.5, 0.6) is 0 Å². The summed E-state index contributed by atoms with van der Waals surface area (Å²) in [6.07, 6.45) is 0.782. The average molecular weight is 329 g/mol. The Morgan fingerprint density at radius 3 is 2.82 bits per heavy atom. The predicted molar refractivity (Wildman–Crippen MR) is 93.6 cm³/mol. The Hall–Kier alpha value is -1.59. The normalized spacial score (nSPS) is 11.2. The maximum Gasteiger partial charge on any atom is 0.184 e. The third-order valence-electron chi connectivity index (χ3n) is 3.47. The molecule has 5 heteroatoms. The summed E-state index contributed by atoms with van der Waals surface area (Å²) in [4.78, 5) is 5.96. The average Bonchev–Trinajstić information content (AvgIpc) is 3.17. The molecule has 2 aromatic heterocycles. The first-order chi connectivity index (χ1) is 10.7. The summed E-state index contributed by atoms with van der Waals surface area (Å²) >= 11 is 3.48. The second-order valence-corrected chi connectivity index (χ2v) is 7.45. The minimum atomic E-state index is 0.516. The topological polar surface area (TPSA) is 41.6 Å². The number of nitrogens with one attached hydrogen (secondary N) is 1. The van der Waals surface area contributed by atoms with Crippen molar-refractivity contribution in [2.45, 2.75) is 37.1 Å². The molecular formula is C17H19N3S2. The van der Waals surface area contributed by atoms with Crippen LogP contribution in [0.1, 0.15) is 41.6 Å². The monoisotopic (exact) mass is 329 g/mol. The number of hydrogen-bond acceptors (Lipinski definition) is 4. The van der Waals surface area contributed by atoms with Crippen molar-refractivity contribution in [1.29, 1.82) is 0 Å². The zero-order valence-electron chi connectivity index (χ0n) is 12.7. The number of aromatic nitrogens is 3. The van der Waals surface area contributed by atoms with Gasteiger partial charge in [0, 0.05) is 17.1 Å². The van der Waals surface area contributed by atoms with E-state index in [9.17, 15) is 0 Å². The molecule has 0 unspecified atom stereocenters. The van der Waals surface area contributed by atoms with Gasteiger partial charge in [-0.05, 0) is 28.5 Å². The van der Waals surface area contributed by atoms with Crippen LogP contribution >= 0.6 is 23.1 Å². The molecule has 0 radical (unpaired) electrons. The zero-order chi connectivity index (χ0) is 15.4. The number of aromatic amines is 1. The minimum Gasteiger partial charge on any atom is -0.254 e. The van der Waals surface area contributed by atoms with E-state index in [0.29, 0.717) is 5.92 Å². The fourth-order valence-electron chi connectivity index (χ4n) is 2.39. The van der Waals surface area contributed by atoms with Gasteiger partial charge in [0.25, 0.3) is 0 Å². The van der Waals surface area contributed by atoms with E-state index in [1.54, 1.807) is 23.1 Å². The Labute approximate surface area is 139 Å². The number of thioether (sulfide) groups is 1. The van der Waals surface area contributed by atoms with Crippen LogP contribution in [-0.4, -0.2) is 15.2 Å². The van der Waals surface area contributed by atoms with Crippen molar-refractivity contribution in [2.24, 2.45) is 0 Å². The van der Waals surface area contributed by atoms with Gasteiger partial charge in [-0.15, -0.1) is 11.3 Å². The van der Waals surface area contributed by atoms with Crippen molar-refractivity contribution in [3.63, 3.8) is 0 Å². The van der Waals surface area contributed by atoms with Crippen LogP contribution in [0.15, 0.2) is 46.9 Å². The first-order valence-corrected chi connectivity index (χ1v) is 9.23. The third kappa shape index (κ3) is 3.78. The molecule has 1 N–H and O–H groups in total. The molecule has 0 aliphatic heterocycles. The number of rotatable bonds is 6. The summed E-state index contributed by atoms with van der Waals surface area (Å²) in [5.41, 5.74) is 2.69. The lowest BCUT2D eigenvalue weighted by Crippen LogP contribution is -1.98.